The molecule has 0 aliphatic carbocycles. The third kappa shape index (κ3) is 3.27. The summed E-state index contributed by atoms with van der Waals surface area (Å²) < 4.78 is 18.4. The minimum atomic E-state index is -0.267. The number of benzene rings is 1. The van der Waals surface area contributed by atoms with Gasteiger partial charge in [0.05, 0.1) is 12.1 Å². The fourth-order valence-corrected chi connectivity index (χ4v) is 1.56. The van der Waals surface area contributed by atoms with Gasteiger partial charge in [-0.25, -0.2) is 4.39 Å². The molecule has 0 aliphatic heterocycles. The topological polar surface area (TPSA) is 47.3 Å². The molecule has 15 heavy (non-hydrogen) atoms. The van der Waals surface area contributed by atoms with E-state index in [4.69, 9.17) is 10.6 Å². The third-order valence-electron chi connectivity index (χ3n) is 2.29. The van der Waals surface area contributed by atoms with Gasteiger partial charge in [0.2, 0.25) is 0 Å². The van der Waals surface area contributed by atoms with Gasteiger partial charge in [-0.1, -0.05) is 12.1 Å². The van der Waals surface area contributed by atoms with Crippen molar-refractivity contribution >= 4 is 0 Å². The lowest BCUT2D eigenvalue weighted by Gasteiger charge is -2.23. The van der Waals surface area contributed by atoms with Crippen molar-refractivity contribution in [1.82, 2.24) is 5.43 Å². The first kappa shape index (κ1) is 12.1. The van der Waals surface area contributed by atoms with Gasteiger partial charge in [0, 0.05) is 6.61 Å². The molecule has 1 aromatic carbocycles. The Bertz CT molecular complexity index is 306. The molecular formula is C11H17FN2O. The SMILES string of the molecule is CCOC(C)C(NN)c1cccc(F)c1. The van der Waals surface area contributed by atoms with Crippen molar-refractivity contribution in [3.8, 4) is 0 Å². The van der Waals surface area contributed by atoms with E-state index in [0.717, 1.165) is 5.56 Å². The average molecular weight is 212 g/mol. The molecular weight excluding hydrogens is 195 g/mol. The van der Waals surface area contributed by atoms with Gasteiger partial charge in [0.15, 0.2) is 0 Å². The molecule has 0 radical (unpaired) electrons. The first-order chi connectivity index (χ1) is 7.19. The summed E-state index contributed by atoms with van der Waals surface area (Å²) in [6.07, 6.45) is -0.0956. The molecule has 84 valence electrons. The summed E-state index contributed by atoms with van der Waals surface area (Å²) in [4.78, 5) is 0. The van der Waals surface area contributed by atoms with Crippen LogP contribution in [-0.4, -0.2) is 12.7 Å². The van der Waals surface area contributed by atoms with Crippen molar-refractivity contribution < 1.29 is 9.13 Å². The average Bonchev–Trinajstić information content (AvgIpc) is 2.19. The van der Waals surface area contributed by atoms with Crippen molar-refractivity contribution in [2.24, 2.45) is 5.84 Å². The van der Waals surface area contributed by atoms with E-state index in [1.165, 1.54) is 12.1 Å². The van der Waals surface area contributed by atoms with Gasteiger partial charge >= 0.3 is 0 Å². The highest BCUT2D eigenvalue weighted by atomic mass is 19.1. The molecule has 2 unspecified atom stereocenters. The minimum absolute atomic E-state index is 0.0956. The summed E-state index contributed by atoms with van der Waals surface area (Å²) in [5.41, 5.74) is 3.43. The van der Waals surface area contributed by atoms with Crippen LogP contribution in [0.3, 0.4) is 0 Å². The fourth-order valence-electron chi connectivity index (χ4n) is 1.56. The highest BCUT2D eigenvalue weighted by Gasteiger charge is 2.18. The van der Waals surface area contributed by atoms with E-state index in [1.807, 2.05) is 19.9 Å². The maximum absolute atomic E-state index is 13.0. The van der Waals surface area contributed by atoms with Gasteiger partial charge in [-0.15, -0.1) is 0 Å². The zero-order valence-electron chi connectivity index (χ0n) is 9.03. The lowest BCUT2D eigenvalue weighted by Crippen LogP contribution is -2.36. The second kappa shape index (κ2) is 5.80. The number of hydrogen-bond acceptors (Lipinski definition) is 3. The molecule has 3 N–H and O–H groups in total. The molecule has 4 heteroatoms. The molecule has 2 atom stereocenters. The number of nitrogens with two attached hydrogens (primary N) is 1. The quantitative estimate of drug-likeness (QED) is 0.577. The Kier molecular flexibility index (Phi) is 4.68. The Hall–Kier alpha value is -0.970. The largest absolute Gasteiger partial charge is 0.377 e. The van der Waals surface area contributed by atoms with Crippen LogP contribution in [0.15, 0.2) is 24.3 Å². The molecule has 0 aliphatic rings. The van der Waals surface area contributed by atoms with E-state index in [-0.39, 0.29) is 18.0 Å². The summed E-state index contributed by atoms with van der Waals surface area (Å²) >= 11 is 0. The summed E-state index contributed by atoms with van der Waals surface area (Å²) in [7, 11) is 0. The van der Waals surface area contributed by atoms with Gasteiger partial charge in [0.1, 0.15) is 5.82 Å². The van der Waals surface area contributed by atoms with Crippen LogP contribution in [0.4, 0.5) is 4.39 Å². The number of ether oxygens (including phenoxy) is 1. The van der Waals surface area contributed by atoms with Crippen LogP contribution in [0.25, 0.3) is 0 Å². The highest BCUT2D eigenvalue weighted by Crippen LogP contribution is 2.19. The lowest BCUT2D eigenvalue weighted by atomic mass is 10.0. The molecule has 0 fully saturated rings. The van der Waals surface area contributed by atoms with Crippen LogP contribution in [0.2, 0.25) is 0 Å². The molecule has 0 spiro atoms. The van der Waals surface area contributed by atoms with Crippen LogP contribution in [0.1, 0.15) is 25.5 Å². The van der Waals surface area contributed by atoms with Crippen molar-refractivity contribution in [3.05, 3.63) is 35.6 Å². The Balaban J connectivity index is 2.82. The number of hydrogen-bond donors (Lipinski definition) is 2. The van der Waals surface area contributed by atoms with Crippen LogP contribution in [0, 0.1) is 5.82 Å². The number of rotatable bonds is 5. The maximum atomic E-state index is 13.0. The molecule has 0 amide bonds. The van der Waals surface area contributed by atoms with Gasteiger partial charge in [-0.2, -0.15) is 0 Å². The Morgan fingerprint density at radius 3 is 2.80 bits per heavy atom. The summed E-state index contributed by atoms with van der Waals surface area (Å²) in [5, 5.41) is 0. The lowest BCUT2D eigenvalue weighted by molar-refractivity contribution is 0.0472. The zero-order chi connectivity index (χ0) is 11.3. The van der Waals surface area contributed by atoms with Crippen LogP contribution in [0.5, 0.6) is 0 Å². The van der Waals surface area contributed by atoms with Crippen molar-refractivity contribution in [3.63, 3.8) is 0 Å². The first-order valence-electron chi connectivity index (χ1n) is 5.02. The van der Waals surface area contributed by atoms with Gasteiger partial charge in [-0.3, -0.25) is 11.3 Å². The maximum Gasteiger partial charge on any atom is 0.123 e. The summed E-state index contributed by atoms with van der Waals surface area (Å²) in [5.74, 6) is 5.17. The highest BCUT2D eigenvalue weighted by molar-refractivity contribution is 5.20. The molecule has 3 nitrogen and oxygen atoms in total. The fraction of sp³-hybridized carbons (Fsp3) is 0.455. The predicted octanol–water partition coefficient (Wildman–Crippen LogP) is 1.76. The van der Waals surface area contributed by atoms with E-state index in [1.54, 1.807) is 6.07 Å². The molecule has 0 aromatic heterocycles. The van der Waals surface area contributed by atoms with Gasteiger partial charge < -0.3 is 4.74 Å². The van der Waals surface area contributed by atoms with E-state index >= 15 is 0 Å². The second-order valence-corrected chi connectivity index (χ2v) is 3.36. The van der Waals surface area contributed by atoms with Crippen LogP contribution in [-0.2, 0) is 4.74 Å². The predicted molar refractivity (Wildman–Crippen MR) is 57.6 cm³/mol. The molecule has 1 rings (SSSR count). The summed E-state index contributed by atoms with van der Waals surface area (Å²) in [6, 6.07) is 6.15. The van der Waals surface area contributed by atoms with E-state index < -0.39 is 0 Å². The monoisotopic (exact) mass is 212 g/mol. The Labute approximate surface area is 89.4 Å². The van der Waals surface area contributed by atoms with E-state index in [2.05, 4.69) is 5.43 Å². The molecule has 0 bridgehead atoms. The van der Waals surface area contributed by atoms with Crippen molar-refractivity contribution in [1.29, 1.82) is 0 Å². The molecule has 0 heterocycles. The standard InChI is InChI=1S/C11H17FN2O/c1-3-15-8(2)11(14-13)9-5-4-6-10(12)7-9/h4-8,11,14H,3,13H2,1-2H3. The smallest absolute Gasteiger partial charge is 0.123 e. The second-order valence-electron chi connectivity index (χ2n) is 3.36. The zero-order valence-corrected chi connectivity index (χ0v) is 9.03. The van der Waals surface area contributed by atoms with Gasteiger partial charge in [0.25, 0.3) is 0 Å². The van der Waals surface area contributed by atoms with Crippen LogP contribution < -0.4 is 11.3 Å². The number of nitrogens with one attached hydrogen (secondary N) is 1. The van der Waals surface area contributed by atoms with Crippen molar-refractivity contribution in [2.45, 2.75) is 26.0 Å². The van der Waals surface area contributed by atoms with E-state index in [9.17, 15) is 4.39 Å². The number of halogens is 1. The minimum Gasteiger partial charge on any atom is -0.377 e. The first-order valence-corrected chi connectivity index (χ1v) is 5.02. The third-order valence-corrected chi connectivity index (χ3v) is 2.29. The van der Waals surface area contributed by atoms with Crippen molar-refractivity contribution in [2.75, 3.05) is 6.61 Å². The molecule has 0 saturated carbocycles. The number of hydrazine groups is 1. The van der Waals surface area contributed by atoms with Gasteiger partial charge in [-0.05, 0) is 31.5 Å². The normalized spacial score (nSPS) is 14.9. The van der Waals surface area contributed by atoms with Crippen LogP contribution >= 0.6 is 0 Å². The molecule has 1 aromatic rings. The summed E-state index contributed by atoms with van der Waals surface area (Å²) in [6.45, 7) is 4.42. The Morgan fingerprint density at radius 1 is 1.53 bits per heavy atom. The Morgan fingerprint density at radius 2 is 2.27 bits per heavy atom. The molecule has 0 saturated heterocycles. The van der Waals surface area contributed by atoms with E-state index in [0.29, 0.717) is 6.61 Å².